The third-order valence-corrected chi connectivity index (χ3v) is 6.75. The Bertz CT molecular complexity index is 1310. The van der Waals surface area contributed by atoms with Gasteiger partial charge in [-0.05, 0) is 60.6 Å². The van der Waals surface area contributed by atoms with E-state index in [2.05, 4.69) is 16.0 Å². The quantitative estimate of drug-likeness (QED) is 0.273. The molecular weight excluding hydrogens is 518 g/mol. The highest BCUT2D eigenvalue weighted by molar-refractivity contribution is 5.84. The lowest BCUT2D eigenvalue weighted by atomic mass is 9.95. The third kappa shape index (κ3) is 7.43. The van der Waals surface area contributed by atoms with E-state index in [9.17, 15) is 19.2 Å². The maximum Gasteiger partial charge on any atom is 0.322 e. The summed E-state index contributed by atoms with van der Waals surface area (Å²) in [7, 11) is 4.65. The van der Waals surface area contributed by atoms with E-state index in [1.165, 1.54) is 14.0 Å². The standard InChI is InChI=1S/C29H37N3O8/c1-17(33)32-21-11-9-18-14-24(38-2)28(39-3)29(40-4)27(18)19-10-12-22(23(34)15-20(19)21)30-13-7-5-6-8-25(35)31-16-26(36)37/h10,12,14-15,21H,5-9,11,13,16H2,1-4H3,(H,30,34)(H,31,35)(H,32,33)(H,36,37)/t21-/m1/s1. The van der Waals surface area contributed by atoms with Crippen LogP contribution < -0.4 is 35.6 Å². The topological polar surface area (TPSA) is 152 Å². The molecule has 2 aromatic rings. The monoisotopic (exact) mass is 555 g/mol. The van der Waals surface area contributed by atoms with Gasteiger partial charge in [-0.25, -0.2) is 0 Å². The van der Waals surface area contributed by atoms with Crippen molar-refractivity contribution in [3.63, 3.8) is 0 Å². The number of hydrogen-bond donors (Lipinski definition) is 4. The van der Waals surface area contributed by atoms with Gasteiger partial charge in [0.1, 0.15) is 6.54 Å². The molecular formula is C29H37N3O8. The minimum absolute atomic E-state index is 0.196. The largest absolute Gasteiger partial charge is 0.493 e. The second-order valence-electron chi connectivity index (χ2n) is 9.50. The highest BCUT2D eigenvalue weighted by Crippen LogP contribution is 2.50. The zero-order chi connectivity index (χ0) is 29.2. The summed E-state index contributed by atoms with van der Waals surface area (Å²) in [6.07, 6.45) is 3.48. The first-order chi connectivity index (χ1) is 19.2. The number of methoxy groups -OCH3 is 3. The molecule has 2 aromatic carbocycles. The smallest absolute Gasteiger partial charge is 0.322 e. The van der Waals surface area contributed by atoms with Crippen LogP contribution in [0.3, 0.4) is 0 Å². The summed E-state index contributed by atoms with van der Waals surface area (Å²) in [5.41, 5.74) is 3.36. The molecule has 2 amide bonds. The number of nitrogens with one attached hydrogen (secondary N) is 3. The van der Waals surface area contributed by atoms with Crippen molar-refractivity contribution in [3.8, 4) is 28.4 Å². The number of aliphatic carboxylic acids is 1. The Morgan fingerprint density at radius 2 is 1.75 bits per heavy atom. The minimum Gasteiger partial charge on any atom is -0.493 e. The van der Waals surface area contributed by atoms with Crippen molar-refractivity contribution in [2.75, 3.05) is 39.7 Å². The number of fused-ring (bicyclic) bond motifs is 3. The highest BCUT2D eigenvalue weighted by atomic mass is 16.5. The molecule has 0 unspecified atom stereocenters. The van der Waals surface area contributed by atoms with Crippen molar-refractivity contribution < 1.29 is 33.7 Å². The number of hydrogen-bond acceptors (Lipinski definition) is 8. The van der Waals surface area contributed by atoms with Crippen LogP contribution in [0.5, 0.6) is 17.2 Å². The summed E-state index contributed by atoms with van der Waals surface area (Å²) in [5.74, 6) is -0.114. The van der Waals surface area contributed by atoms with Crippen LogP contribution >= 0.6 is 0 Å². The number of carbonyl (C=O) groups excluding carboxylic acids is 2. The fourth-order valence-corrected chi connectivity index (χ4v) is 4.93. The third-order valence-electron chi connectivity index (χ3n) is 6.75. The van der Waals surface area contributed by atoms with Crippen molar-refractivity contribution in [2.45, 2.75) is 51.5 Å². The summed E-state index contributed by atoms with van der Waals surface area (Å²) >= 11 is 0. The Kier molecular flexibility index (Phi) is 10.7. The molecule has 3 rings (SSSR count). The van der Waals surface area contributed by atoms with Gasteiger partial charge >= 0.3 is 5.97 Å². The Balaban J connectivity index is 1.88. The number of anilines is 1. The summed E-state index contributed by atoms with van der Waals surface area (Å²) in [6, 6.07) is 6.68. The molecule has 11 nitrogen and oxygen atoms in total. The van der Waals surface area contributed by atoms with Gasteiger partial charge in [0, 0.05) is 25.5 Å². The lowest BCUT2D eigenvalue weighted by Crippen LogP contribution is -2.28. The molecule has 0 heterocycles. The zero-order valence-corrected chi connectivity index (χ0v) is 23.3. The SMILES string of the molecule is COc1cc2c(c(OC)c1OC)-c1ccc(NCCCCCC(=O)NCC(=O)O)c(=O)cc1[C@H](NC(C)=O)CC2. The molecule has 0 aromatic heterocycles. The van der Waals surface area contributed by atoms with E-state index in [1.54, 1.807) is 26.4 Å². The molecule has 1 aliphatic rings. The Labute approximate surface area is 233 Å². The first kappa shape index (κ1) is 30.3. The molecule has 0 bridgehead atoms. The fraction of sp³-hybridized carbons (Fsp3) is 0.448. The molecule has 11 heteroatoms. The average molecular weight is 556 g/mol. The van der Waals surface area contributed by atoms with Crippen molar-refractivity contribution in [1.82, 2.24) is 10.6 Å². The van der Waals surface area contributed by atoms with E-state index < -0.39 is 5.97 Å². The van der Waals surface area contributed by atoms with Gasteiger partial charge < -0.3 is 35.3 Å². The van der Waals surface area contributed by atoms with Crippen LogP contribution in [0, 0.1) is 0 Å². The number of carboxylic acid groups (broad SMARTS) is 1. The van der Waals surface area contributed by atoms with Gasteiger partial charge in [-0.3, -0.25) is 19.2 Å². The first-order valence-corrected chi connectivity index (χ1v) is 13.2. The van der Waals surface area contributed by atoms with E-state index in [1.807, 2.05) is 12.1 Å². The number of ether oxygens (including phenoxy) is 3. The summed E-state index contributed by atoms with van der Waals surface area (Å²) in [4.78, 5) is 47.6. The second-order valence-corrected chi connectivity index (χ2v) is 9.50. The van der Waals surface area contributed by atoms with Crippen LogP contribution in [0.4, 0.5) is 5.69 Å². The Hall–Kier alpha value is -4.28. The molecule has 0 aliphatic heterocycles. The van der Waals surface area contributed by atoms with Crippen LogP contribution in [0.25, 0.3) is 11.1 Å². The van der Waals surface area contributed by atoms with Crippen molar-refractivity contribution in [1.29, 1.82) is 0 Å². The summed E-state index contributed by atoms with van der Waals surface area (Å²) < 4.78 is 17.0. The van der Waals surface area contributed by atoms with E-state index in [4.69, 9.17) is 19.3 Å². The lowest BCUT2D eigenvalue weighted by Gasteiger charge is -2.19. The second kappa shape index (κ2) is 14.2. The zero-order valence-electron chi connectivity index (χ0n) is 23.3. The number of rotatable bonds is 13. The normalized spacial score (nSPS) is 13.7. The van der Waals surface area contributed by atoms with E-state index >= 15 is 0 Å². The number of benzene rings is 1. The number of amides is 2. The van der Waals surface area contributed by atoms with Gasteiger partial charge in [0.05, 0.1) is 33.1 Å². The average Bonchev–Trinajstić information content (AvgIpc) is 3.16. The Morgan fingerprint density at radius 3 is 2.40 bits per heavy atom. The molecule has 40 heavy (non-hydrogen) atoms. The first-order valence-electron chi connectivity index (χ1n) is 13.2. The number of aryl methyl sites for hydroxylation is 1. The molecule has 4 N–H and O–H groups in total. The van der Waals surface area contributed by atoms with Crippen LogP contribution in [0.2, 0.25) is 0 Å². The molecule has 0 spiro atoms. The highest BCUT2D eigenvalue weighted by Gasteiger charge is 2.29. The fourth-order valence-electron chi connectivity index (χ4n) is 4.93. The van der Waals surface area contributed by atoms with Crippen LogP contribution in [0.1, 0.15) is 56.2 Å². The van der Waals surface area contributed by atoms with Gasteiger partial charge in [0.15, 0.2) is 11.5 Å². The number of unbranched alkanes of at least 4 members (excludes halogenated alkanes) is 2. The molecule has 0 saturated carbocycles. The molecule has 1 aliphatic carbocycles. The van der Waals surface area contributed by atoms with Gasteiger partial charge in [-0.15, -0.1) is 0 Å². The van der Waals surface area contributed by atoms with Crippen LogP contribution in [-0.4, -0.2) is 57.3 Å². The Morgan fingerprint density at radius 1 is 1.00 bits per heavy atom. The van der Waals surface area contributed by atoms with Crippen LogP contribution in [0.15, 0.2) is 29.1 Å². The van der Waals surface area contributed by atoms with Gasteiger partial charge in [0.2, 0.25) is 23.0 Å². The molecule has 216 valence electrons. The maximum absolute atomic E-state index is 13.3. The van der Waals surface area contributed by atoms with Gasteiger partial charge in [0.25, 0.3) is 0 Å². The molecule has 0 saturated heterocycles. The maximum atomic E-state index is 13.3. The van der Waals surface area contributed by atoms with E-state index in [0.717, 1.165) is 23.1 Å². The lowest BCUT2D eigenvalue weighted by molar-refractivity contribution is -0.138. The number of carbonyl (C=O) groups is 3. The number of carboxylic acids is 1. The van der Waals surface area contributed by atoms with Gasteiger partial charge in [-0.1, -0.05) is 12.5 Å². The minimum atomic E-state index is -1.08. The molecule has 0 radical (unpaired) electrons. The van der Waals surface area contributed by atoms with Crippen molar-refractivity contribution in [3.05, 3.63) is 45.6 Å². The van der Waals surface area contributed by atoms with Gasteiger partial charge in [-0.2, -0.15) is 0 Å². The van der Waals surface area contributed by atoms with E-state index in [0.29, 0.717) is 60.7 Å². The van der Waals surface area contributed by atoms with Crippen LogP contribution in [-0.2, 0) is 20.8 Å². The molecule has 0 fully saturated rings. The summed E-state index contributed by atoms with van der Waals surface area (Å²) in [6.45, 7) is 1.58. The summed E-state index contributed by atoms with van der Waals surface area (Å²) in [5, 5.41) is 17.2. The molecule has 1 atom stereocenters. The van der Waals surface area contributed by atoms with Crippen molar-refractivity contribution in [2.24, 2.45) is 0 Å². The predicted octanol–water partition coefficient (Wildman–Crippen LogP) is 3.04. The van der Waals surface area contributed by atoms with Crippen molar-refractivity contribution >= 4 is 23.5 Å². The predicted molar refractivity (Wildman–Crippen MR) is 150 cm³/mol. The van der Waals surface area contributed by atoms with E-state index in [-0.39, 0.29) is 36.3 Å².